The highest BCUT2D eigenvalue weighted by Crippen LogP contribution is 2.16. The molecule has 0 unspecified atom stereocenters. The van der Waals surface area contributed by atoms with E-state index in [4.69, 9.17) is 4.42 Å². The van der Waals surface area contributed by atoms with Gasteiger partial charge in [0.2, 0.25) is 0 Å². The highest BCUT2D eigenvalue weighted by Gasteiger charge is 2.17. The van der Waals surface area contributed by atoms with Crippen LogP contribution in [0.1, 0.15) is 21.7 Å². The lowest BCUT2D eigenvalue weighted by molar-refractivity contribution is -0.384. The van der Waals surface area contributed by atoms with Gasteiger partial charge in [0.25, 0.3) is 17.5 Å². The normalized spacial score (nSPS) is 11.0. The van der Waals surface area contributed by atoms with Crippen molar-refractivity contribution in [3.8, 4) is 0 Å². The van der Waals surface area contributed by atoms with Crippen molar-refractivity contribution in [2.75, 3.05) is 0 Å². The van der Waals surface area contributed by atoms with E-state index in [2.05, 4.69) is 26.6 Å². The van der Waals surface area contributed by atoms with Crippen LogP contribution in [0.15, 0.2) is 81.5 Å². The predicted octanol–water partition coefficient (Wildman–Crippen LogP) is 4.04. The quantitative estimate of drug-likeness (QED) is 0.307. The summed E-state index contributed by atoms with van der Waals surface area (Å²) in [5, 5.41) is 16.1. The Labute approximate surface area is 179 Å². The van der Waals surface area contributed by atoms with Gasteiger partial charge in [-0.1, -0.05) is 30.3 Å². The van der Waals surface area contributed by atoms with Gasteiger partial charge >= 0.3 is 0 Å². The molecule has 0 aliphatic heterocycles. The number of halogens is 1. The number of nitrogens with zero attached hydrogens (tertiary/aromatic N) is 1. The molecule has 0 saturated carbocycles. The van der Waals surface area contributed by atoms with Crippen LogP contribution in [0.25, 0.3) is 6.08 Å². The summed E-state index contributed by atoms with van der Waals surface area (Å²) in [5.74, 6) is -1.10. The van der Waals surface area contributed by atoms with Gasteiger partial charge in [0, 0.05) is 18.7 Å². The number of non-ortho nitro benzene ring substituents is 1. The molecule has 0 radical (unpaired) electrons. The molecular formula is C21H16BrN3O5. The van der Waals surface area contributed by atoms with Crippen molar-refractivity contribution in [1.29, 1.82) is 0 Å². The number of nitrogens with one attached hydrogen (secondary N) is 2. The van der Waals surface area contributed by atoms with Crippen molar-refractivity contribution in [3.05, 3.63) is 104 Å². The van der Waals surface area contributed by atoms with Crippen molar-refractivity contribution in [1.82, 2.24) is 10.6 Å². The first-order valence-corrected chi connectivity index (χ1v) is 9.56. The number of furan rings is 1. The molecule has 9 heteroatoms. The fourth-order valence-electron chi connectivity index (χ4n) is 2.51. The monoisotopic (exact) mass is 469 g/mol. The predicted molar refractivity (Wildman–Crippen MR) is 113 cm³/mol. The molecule has 152 valence electrons. The summed E-state index contributed by atoms with van der Waals surface area (Å²) in [7, 11) is 0. The molecule has 0 atom stereocenters. The Hall–Kier alpha value is -3.72. The van der Waals surface area contributed by atoms with Gasteiger partial charge in [-0.25, -0.2) is 0 Å². The Morgan fingerprint density at radius 2 is 1.73 bits per heavy atom. The van der Waals surface area contributed by atoms with E-state index in [1.54, 1.807) is 6.07 Å². The summed E-state index contributed by atoms with van der Waals surface area (Å²) < 4.78 is 5.60. The van der Waals surface area contributed by atoms with Crippen LogP contribution in [0.5, 0.6) is 0 Å². The van der Waals surface area contributed by atoms with E-state index in [-0.39, 0.29) is 23.7 Å². The molecule has 0 aliphatic rings. The first-order chi connectivity index (χ1) is 14.4. The molecule has 3 aromatic rings. The largest absolute Gasteiger partial charge is 0.444 e. The number of carbonyl (C=O) groups excluding carboxylic acids is 2. The van der Waals surface area contributed by atoms with Crippen LogP contribution in [0.2, 0.25) is 0 Å². The molecule has 0 fully saturated rings. The van der Waals surface area contributed by atoms with Gasteiger partial charge in [-0.3, -0.25) is 19.7 Å². The molecule has 3 rings (SSSR count). The molecule has 30 heavy (non-hydrogen) atoms. The molecule has 1 aromatic heterocycles. The minimum Gasteiger partial charge on any atom is -0.444 e. The maximum atomic E-state index is 12.7. The van der Waals surface area contributed by atoms with Crippen molar-refractivity contribution in [3.63, 3.8) is 0 Å². The number of hydrogen-bond acceptors (Lipinski definition) is 5. The Balaban J connectivity index is 1.82. The lowest BCUT2D eigenvalue weighted by Crippen LogP contribution is -2.34. The average Bonchev–Trinajstić information content (AvgIpc) is 3.19. The molecule has 0 spiro atoms. The van der Waals surface area contributed by atoms with Crippen LogP contribution in [-0.4, -0.2) is 16.7 Å². The third-order valence-electron chi connectivity index (χ3n) is 4.00. The Bertz CT molecular complexity index is 1090. The van der Waals surface area contributed by atoms with Gasteiger partial charge < -0.3 is 15.1 Å². The zero-order valence-electron chi connectivity index (χ0n) is 15.5. The highest BCUT2D eigenvalue weighted by atomic mass is 79.9. The van der Waals surface area contributed by atoms with Crippen LogP contribution < -0.4 is 10.6 Å². The third-order valence-corrected chi connectivity index (χ3v) is 4.43. The zero-order valence-corrected chi connectivity index (χ0v) is 17.1. The Morgan fingerprint density at radius 3 is 2.33 bits per heavy atom. The molecule has 8 nitrogen and oxygen atoms in total. The van der Waals surface area contributed by atoms with E-state index >= 15 is 0 Å². The topological polar surface area (TPSA) is 114 Å². The summed E-state index contributed by atoms with van der Waals surface area (Å²) in [4.78, 5) is 35.5. The van der Waals surface area contributed by atoms with E-state index in [0.717, 1.165) is 5.56 Å². The first kappa shape index (κ1) is 21.0. The highest BCUT2D eigenvalue weighted by molar-refractivity contribution is 9.10. The first-order valence-electron chi connectivity index (χ1n) is 8.77. The van der Waals surface area contributed by atoms with Gasteiger partial charge in [-0.15, -0.1) is 0 Å². The van der Waals surface area contributed by atoms with Crippen molar-refractivity contribution in [2.45, 2.75) is 6.54 Å². The number of hydrogen-bond donors (Lipinski definition) is 2. The molecule has 0 aliphatic carbocycles. The van der Waals surface area contributed by atoms with Crippen molar-refractivity contribution in [2.24, 2.45) is 0 Å². The second-order valence-electron chi connectivity index (χ2n) is 6.13. The van der Waals surface area contributed by atoms with Crippen LogP contribution in [0.3, 0.4) is 0 Å². The van der Waals surface area contributed by atoms with E-state index in [1.807, 2.05) is 30.3 Å². The molecule has 2 aromatic carbocycles. The number of rotatable bonds is 7. The SMILES string of the molecule is O=C(NCc1ccccc1)C(=Cc1ccc([N+](=O)[O-])cc1)NC(=O)c1ccc(Br)o1. The molecule has 1 heterocycles. The van der Waals surface area contributed by atoms with Gasteiger partial charge in [-0.05, 0) is 57.4 Å². The number of amides is 2. The van der Waals surface area contributed by atoms with Gasteiger partial charge in [-0.2, -0.15) is 0 Å². The van der Waals surface area contributed by atoms with Crippen LogP contribution in [-0.2, 0) is 11.3 Å². The number of nitro benzene ring substituents is 1. The van der Waals surface area contributed by atoms with E-state index < -0.39 is 16.7 Å². The second-order valence-corrected chi connectivity index (χ2v) is 6.91. The summed E-state index contributed by atoms with van der Waals surface area (Å²) in [6.45, 7) is 0.263. The number of carbonyl (C=O) groups is 2. The Kier molecular flexibility index (Phi) is 6.76. The smallest absolute Gasteiger partial charge is 0.291 e. The second kappa shape index (κ2) is 9.66. The van der Waals surface area contributed by atoms with Crippen LogP contribution in [0, 0.1) is 10.1 Å². The number of benzene rings is 2. The molecule has 2 amide bonds. The summed E-state index contributed by atoms with van der Waals surface area (Å²) in [6.07, 6.45) is 1.43. The van der Waals surface area contributed by atoms with Crippen LogP contribution in [0.4, 0.5) is 5.69 Å². The fourth-order valence-corrected chi connectivity index (χ4v) is 2.82. The van der Waals surface area contributed by atoms with E-state index in [1.165, 1.54) is 36.4 Å². The Morgan fingerprint density at radius 1 is 1.03 bits per heavy atom. The molecule has 2 N–H and O–H groups in total. The average molecular weight is 470 g/mol. The molecular weight excluding hydrogens is 454 g/mol. The lowest BCUT2D eigenvalue weighted by Gasteiger charge is -2.10. The van der Waals surface area contributed by atoms with Crippen molar-refractivity contribution >= 4 is 39.5 Å². The van der Waals surface area contributed by atoms with E-state index in [0.29, 0.717) is 10.2 Å². The number of nitro groups is 1. The van der Waals surface area contributed by atoms with Gasteiger partial charge in [0.1, 0.15) is 5.70 Å². The lowest BCUT2D eigenvalue weighted by atomic mass is 10.1. The summed E-state index contributed by atoms with van der Waals surface area (Å²) >= 11 is 3.12. The minimum absolute atomic E-state index is 0.0207. The minimum atomic E-state index is -0.608. The summed E-state index contributed by atoms with van der Waals surface area (Å²) in [6, 6.07) is 17.9. The van der Waals surface area contributed by atoms with Gasteiger partial charge in [0.15, 0.2) is 10.4 Å². The summed E-state index contributed by atoms with van der Waals surface area (Å²) in [5.41, 5.74) is 1.29. The molecule has 0 bridgehead atoms. The van der Waals surface area contributed by atoms with Gasteiger partial charge in [0.05, 0.1) is 4.92 Å². The van der Waals surface area contributed by atoms with Crippen LogP contribution >= 0.6 is 15.9 Å². The maximum Gasteiger partial charge on any atom is 0.291 e. The maximum absolute atomic E-state index is 12.7. The third kappa shape index (κ3) is 5.65. The fraction of sp³-hybridized carbons (Fsp3) is 0.0476. The van der Waals surface area contributed by atoms with E-state index in [9.17, 15) is 19.7 Å². The standard InChI is InChI=1S/C21H16BrN3O5/c22-19-11-10-18(30-19)21(27)24-17(12-14-6-8-16(9-7-14)25(28)29)20(26)23-13-15-4-2-1-3-5-15/h1-12H,13H2,(H,23,26)(H,24,27). The zero-order chi connectivity index (χ0) is 21.5. The van der Waals surface area contributed by atoms with Crippen molar-refractivity contribution < 1.29 is 18.9 Å². The molecule has 0 saturated heterocycles.